The van der Waals surface area contributed by atoms with Crippen molar-refractivity contribution in [3.05, 3.63) is 52.3 Å². The topological polar surface area (TPSA) is 55.9 Å². The molecular formula is C17H26N4. The molecule has 2 aromatic rings. The van der Waals surface area contributed by atoms with Crippen molar-refractivity contribution in [3.63, 3.8) is 0 Å². The van der Waals surface area contributed by atoms with Gasteiger partial charge < -0.3 is 0 Å². The van der Waals surface area contributed by atoms with Crippen LogP contribution in [0.3, 0.4) is 0 Å². The van der Waals surface area contributed by atoms with Crippen molar-refractivity contribution in [2.75, 3.05) is 0 Å². The normalized spacial score (nSPS) is 12.6. The van der Waals surface area contributed by atoms with Crippen molar-refractivity contribution in [2.24, 2.45) is 5.84 Å². The molecule has 114 valence electrons. The van der Waals surface area contributed by atoms with Crippen molar-refractivity contribution >= 4 is 0 Å². The van der Waals surface area contributed by atoms with Gasteiger partial charge in [0.1, 0.15) is 0 Å². The zero-order valence-electron chi connectivity index (χ0n) is 13.5. The summed E-state index contributed by atoms with van der Waals surface area (Å²) in [7, 11) is 0. The Morgan fingerprint density at radius 2 is 1.81 bits per heavy atom. The number of nitrogens with two attached hydrogens (primary N) is 1. The monoisotopic (exact) mass is 286 g/mol. The summed E-state index contributed by atoms with van der Waals surface area (Å²) in [4.78, 5) is 0. The molecule has 0 aliphatic carbocycles. The van der Waals surface area contributed by atoms with Crippen LogP contribution in [0.2, 0.25) is 0 Å². The maximum atomic E-state index is 5.80. The molecule has 0 bridgehead atoms. The molecule has 1 aromatic heterocycles. The van der Waals surface area contributed by atoms with Crippen LogP contribution in [0.5, 0.6) is 0 Å². The van der Waals surface area contributed by atoms with Crippen molar-refractivity contribution in [1.29, 1.82) is 0 Å². The first-order chi connectivity index (χ1) is 10.1. The number of aromatic nitrogens is 2. The van der Waals surface area contributed by atoms with Gasteiger partial charge in [0.25, 0.3) is 0 Å². The molecule has 0 saturated carbocycles. The molecule has 1 atom stereocenters. The SMILES string of the molecule is CCc1cc(CC(NN)c2cc(C)cc(C)c2)n(CC)n1. The van der Waals surface area contributed by atoms with Gasteiger partial charge in [0.2, 0.25) is 0 Å². The fourth-order valence-corrected chi connectivity index (χ4v) is 2.82. The van der Waals surface area contributed by atoms with Gasteiger partial charge in [-0.25, -0.2) is 0 Å². The summed E-state index contributed by atoms with van der Waals surface area (Å²) in [5.74, 6) is 5.80. The Hall–Kier alpha value is -1.65. The second-order valence-corrected chi connectivity index (χ2v) is 5.64. The summed E-state index contributed by atoms with van der Waals surface area (Å²) in [6, 6.07) is 8.88. The highest BCUT2D eigenvalue weighted by Crippen LogP contribution is 2.21. The maximum absolute atomic E-state index is 5.80. The fourth-order valence-electron chi connectivity index (χ4n) is 2.82. The zero-order valence-corrected chi connectivity index (χ0v) is 13.5. The lowest BCUT2D eigenvalue weighted by Crippen LogP contribution is -2.30. The van der Waals surface area contributed by atoms with Crippen LogP contribution in [0.4, 0.5) is 0 Å². The standard InChI is InChI=1S/C17H26N4/c1-5-15-10-16(21(6-2)20-15)11-17(19-18)14-8-12(3)7-13(4)9-14/h7-10,17,19H,5-6,11,18H2,1-4H3. The third-order valence-corrected chi connectivity index (χ3v) is 3.84. The highest BCUT2D eigenvalue weighted by Gasteiger charge is 2.15. The minimum absolute atomic E-state index is 0.107. The summed E-state index contributed by atoms with van der Waals surface area (Å²) < 4.78 is 2.08. The van der Waals surface area contributed by atoms with Gasteiger partial charge in [-0.2, -0.15) is 5.10 Å². The quantitative estimate of drug-likeness (QED) is 0.634. The average molecular weight is 286 g/mol. The molecule has 0 aliphatic heterocycles. The van der Waals surface area contributed by atoms with E-state index >= 15 is 0 Å². The third-order valence-electron chi connectivity index (χ3n) is 3.84. The highest BCUT2D eigenvalue weighted by molar-refractivity contribution is 5.31. The molecular weight excluding hydrogens is 260 g/mol. The van der Waals surface area contributed by atoms with Crippen molar-refractivity contribution in [2.45, 2.75) is 53.1 Å². The Balaban J connectivity index is 2.28. The number of nitrogens with zero attached hydrogens (tertiary/aromatic N) is 2. The molecule has 4 heteroatoms. The first-order valence-electron chi connectivity index (χ1n) is 7.67. The Morgan fingerprint density at radius 3 is 2.33 bits per heavy atom. The number of rotatable bonds is 6. The van der Waals surface area contributed by atoms with E-state index in [1.807, 2.05) is 0 Å². The van der Waals surface area contributed by atoms with Gasteiger partial charge in [-0.05, 0) is 38.8 Å². The lowest BCUT2D eigenvalue weighted by molar-refractivity contribution is 0.516. The minimum Gasteiger partial charge on any atom is -0.271 e. The maximum Gasteiger partial charge on any atom is 0.0624 e. The van der Waals surface area contributed by atoms with Crippen molar-refractivity contribution in [1.82, 2.24) is 15.2 Å². The van der Waals surface area contributed by atoms with Crippen LogP contribution in [0, 0.1) is 13.8 Å². The lowest BCUT2D eigenvalue weighted by Gasteiger charge is -2.18. The highest BCUT2D eigenvalue weighted by atomic mass is 15.3. The third kappa shape index (κ3) is 3.71. The molecule has 2 rings (SSSR count). The van der Waals surface area contributed by atoms with E-state index < -0.39 is 0 Å². The van der Waals surface area contributed by atoms with Crippen molar-refractivity contribution < 1.29 is 0 Å². The van der Waals surface area contributed by atoms with Crippen LogP contribution in [0.25, 0.3) is 0 Å². The number of benzene rings is 1. The molecule has 0 amide bonds. The van der Waals surface area contributed by atoms with Crippen LogP contribution >= 0.6 is 0 Å². The first kappa shape index (κ1) is 15.7. The van der Waals surface area contributed by atoms with E-state index in [2.05, 4.69) is 67.2 Å². The molecule has 21 heavy (non-hydrogen) atoms. The van der Waals surface area contributed by atoms with E-state index in [0.29, 0.717) is 0 Å². The summed E-state index contributed by atoms with van der Waals surface area (Å²) >= 11 is 0. The van der Waals surface area contributed by atoms with Crippen LogP contribution in [-0.4, -0.2) is 9.78 Å². The number of aryl methyl sites for hydroxylation is 4. The van der Waals surface area contributed by atoms with E-state index in [1.54, 1.807) is 0 Å². The number of hydrogen-bond donors (Lipinski definition) is 2. The minimum atomic E-state index is 0.107. The Morgan fingerprint density at radius 1 is 1.14 bits per heavy atom. The predicted octanol–water partition coefficient (Wildman–Crippen LogP) is 2.83. The molecule has 4 nitrogen and oxygen atoms in total. The zero-order chi connectivity index (χ0) is 15.4. The van der Waals surface area contributed by atoms with Gasteiger partial charge in [-0.15, -0.1) is 0 Å². The molecule has 1 heterocycles. The smallest absolute Gasteiger partial charge is 0.0624 e. The van der Waals surface area contributed by atoms with E-state index in [-0.39, 0.29) is 6.04 Å². The molecule has 0 fully saturated rings. The number of hydrogen-bond acceptors (Lipinski definition) is 3. The Kier molecular flexibility index (Phi) is 5.15. The number of nitrogens with one attached hydrogen (secondary N) is 1. The fraction of sp³-hybridized carbons (Fsp3) is 0.471. The van der Waals surface area contributed by atoms with Gasteiger partial charge in [-0.3, -0.25) is 16.0 Å². The predicted molar refractivity (Wildman–Crippen MR) is 87.0 cm³/mol. The summed E-state index contributed by atoms with van der Waals surface area (Å²) in [6.07, 6.45) is 1.81. The van der Waals surface area contributed by atoms with Gasteiger partial charge in [0.15, 0.2) is 0 Å². The summed E-state index contributed by atoms with van der Waals surface area (Å²) in [5, 5.41) is 4.61. The van der Waals surface area contributed by atoms with Crippen LogP contribution in [0.1, 0.15) is 48.0 Å². The Labute approximate surface area is 127 Å². The molecule has 3 N–H and O–H groups in total. The molecule has 0 aliphatic rings. The van der Waals surface area contributed by atoms with E-state index in [1.165, 1.54) is 22.4 Å². The van der Waals surface area contributed by atoms with Gasteiger partial charge in [-0.1, -0.05) is 36.2 Å². The van der Waals surface area contributed by atoms with Gasteiger partial charge in [0, 0.05) is 18.7 Å². The van der Waals surface area contributed by atoms with E-state index in [9.17, 15) is 0 Å². The number of hydrazine groups is 1. The largest absolute Gasteiger partial charge is 0.271 e. The Bertz CT molecular complexity index is 581. The molecule has 0 spiro atoms. The molecule has 1 unspecified atom stereocenters. The summed E-state index contributed by atoms with van der Waals surface area (Å²) in [6.45, 7) is 9.39. The molecule has 0 radical (unpaired) electrons. The van der Waals surface area contributed by atoms with Crippen molar-refractivity contribution in [3.8, 4) is 0 Å². The average Bonchev–Trinajstić information content (AvgIpc) is 2.85. The van der Waals surface area contributed by atoms with Crippen LogP contribution in [-0.2, 0) is 19.4 Å². The molecule has 1 aromatic carbocycles. The second-order valence-electron chi connectivity index (χ2n) is 5.64. The van der Waals surface area contributed by atoms with Crippen LogP contribution in [0.15, 0.2) is 24.3 Å². The molecule has 0 saturated heterocycles. The van der Waals surface area contributed by atoms with Gasteiger partial charge >= 0.3 is 0 Å². The second kappa shape index (κ2) is 6.87. The van der Waals surface area contributed by atoms with E-state index in [4.69, 9.17) is 5.84 Å². The lowest BCUT2D eigenvalue weighted by atomic mass is 9.98. The van der Waals surface area contributed by atoms with E-state index in [0.717, 1.165) is 25.1 Å². The van der Waals surface area contributed by atoms with Gasteiger partial charge in [0.05, 0.1) is 11.7 Å². The first-order valence-corrected chi connectivity index (χ1v) is 7.67. The van der Waals surface area contributed by atoms with Crippen LogP contribution < -0.4 is 11.3 Å². The summed E-state index contributed by atoms with van der Waals surface area (Å²) in [5.41, 5.74) is 9.10.